The Morgan fingerprint density at radius 2 is 2.17 bits per heavy atom. The van der Waals surface area contributed by atoms with Gasteiger partial charge in [-0.2, -0.15) is 0 Å². The minimum absolute atomic E-state index is 0.722. The fourth-order valence-electron chi connectivity index (χ4n) is 2.34. The first-order valence-corrected chi connectivity index (χ1v) is 6.71. The molecule has 1 N–H and O–H groups in total. The Labute approximate surface area is 108 Å². The second-order valence-corrected chi connectivity index (χ2v) is 4.87. The van der Waals surface area contributed by atoms with E-state index in [1.54, 1.807) is 0 Å². The number of nitrogens with zero attached hydrogens (tertiary/aromatic N) is 2. The molecule has 2 aromatic rings. The summed E-state index contributed by atoms with van der Waals surface area (Å²) in [6, 6.07) is 8.57. The predicted molar refractivity (Wildman–Crippen MR) is 72.9 cm³/mol. The van der Waals surface area contributed by atoms with Crippen LogP contribution < -0.4 is 5.32 Å². The summed E-state index contributed by atoms with van der Waals surface area (Å²) in [5.74, 6) is 0.722. The fraction of sp³-hybridized carbons (Fsp3) is 0.400. The van der Waals surface area contributed by atoms with Crippen LogP contribution in [-0.4, -0.2) is 16.1 Å². The van der Waals surface area contributed by atoms with Crippen molar-refractivity contribution in [1.82, 2.24) is 14.9 Å². The zero-order valence-corrected chi connectivity index (χ0v) is 10.8. The van der Waals surface area contributed by atoms with E-state index >= 15 is 0 Å². The molecule has 0 radical (unpaired) electrons. The van der Waals surface area contributed by atoms with Gasteiger partial charge in [0.05, 0.1) is 12.0 Å². The molecule has 0 atom stereocenters. The Bertz CT molecular complexity index is 526. The van der Waals surface area contributed by atoms with Gasteiger partial charge in [-0.3, -0.25) is 0 Å². The number of benzene rings is 1. The number of hydrogen-bond donors (Lipinski definition) is 1. The minimum Gasteiger partial charge on any atom is -0.313 e. The topological polar surface area (TPSA) is 29.9 Å². The Balaban J connectivity index is 1.97. The Morgan fingerprint density at radius 3 is 2.94 bits per heavy atom. The standard InChI is InChI=1S/C15H19N3/c1-2-16-9-13-5-3-4-6-14(13)18-11-17-10-15(18)12-7-8-12/h3-6,10-12,16H,2,7-9H2,1H3. The molecule has 0 unspecified atom stereocenters. The molecule has 1 aliphatic rings. The molecular weight excluding hydrogens is 222 g/mol. The maximum absolute atomic E-state index is 4.32. The molecule has 1 aromatic heterocycles. The van der Waals surface area contributed by atoms with Crippen LogP contribution in [0.3, 0.4) is 0 Å². The van der Waals surface area contributed by atoms with E-state index in [0.717, 1.165) is 19.0 Å². The van der Waals surface area contributed by atoms with Gasteiger partial charge < -0.3 is 9.88 Å². The predicted octanol–water partition coefficient (Wildman–Crippen LogP) is 2.86. The van der Waals surface area contributed by atoms with Crippen molar-refractivity contribution >= 4 is 0 Å². The van der Waals surface area contributed by atoms with E-state index < -0.39 is 0 Å². The quantitative estimate of drug-likeness (QED) is 0.872. The summed E-state index contributed by atoms with van der Waals surface area (Å²) >= 11 is 0. The molecule has 3 nitrogen and oxygen atoms in total. The summed E-state index contributed by atoms with van der Waals surface area (Å²) in [7, 11) is 0. The number of para-hydroxylation sites is 1. The summed E-state index contributed by atoms with van der Waals surface area (Å²) in [5, 5.41) is 3.40. The van der Waals surface area contributed by atoms with Crippen molar-refractivity contribution in [2.75, 3.05) is 6.54 Å². The monoisotopic (exact) mass is 241 g/mol. The first-order chi connectivity index (χ1) is 8.90. The summed E-state index contributed by atoms with van der Waals surface area (Å²) < 4.78 is 2.25. The van der Waals surface area contributed by atoms with Crippen LogP contribution in [0.25, 0.3) is 5.69 Å². The zero-order chi connectivity index (χ0) is 12.4. The van der Waals surface area contributed by atoms with Gasteiger partial charge in [-0.1, -0.05) is 25.1 Å². The molecule has 1 aromatic carbocycles. The minimum atomic E-state index is 0.722. The number of aromatic nitrogens is 2. The summed E-state index contributed by atoms with van der Waals surface area (Å²) in [6.07, 6.45) is 6.57. The van der Waals surface area contributed by atoms with Gasteiger partial charge in [-0.05, 0) is 31.0 Å². The highest BCUT2D eigenvalue weighted by molar-refractivity contribution is 5.43. The van der Waals surface area contributed by atoms with Crippen LogP contribution in [0.2, 0.25) is 0 Å². The van der Waals surface area contributed by atoms with Gasteiger partial charge in [0.1, 0.15) is 0 Å². The van der Waals surface area contributed by atoms with E-state index in [4.69, 9.17) is 0 Å². The molecule has 0 aliphatic heterocycles. The lowest BCUT2D eigenvalue weighted by molar-refractivity contribution is 0.720. The summed E-state index contributed by atoms with van der Waals surface area (Å²) in [6.45, 7) is 4.04. The van der Waals surface area contributed by atoms with E-state index in [-0.39, 0.29) is 0 Å². The average Bonchev–Trinajstić information content (AvgIpc) is 3.14. The lowest BCUT2D eigenvalue weighted by Gasteiger charge is -2.13. The highest BCUT2D eigenvalue weighted by Gasteiger charge is 2.27. The van der Waals surface area contributed by atoms with E-state index in [0.29, 0.717) is 0 Å². The van der Waals surface area contributed by atoms with Gasteiger partial charge in [0, 0.05) is 24.4 Å². The average molecular weight is 241 g/mol. The third kappa shape index (κ3) is 2.18. The Morgan fingerprint density at radius 1 is 1.33 bits per heavy atom. The smallest absolute Gasteiger partial charge is 0.0994 e. The van der Waals surface area contributed by atoms with E-state index in [1.165, 1.54) is 29.8 Å². The van der Waals surface area contributed by atoms with Crippen LogP contribution in [-0.2, 0) is 6.54 Å². The normalized spacial score (nSPS) is 14.9. The van der Waals surface area contributed by atoms with Crippen LogP contribution in [0.4, 0.5) is 0 Å². The highest BCUT2D eigenvalue weighted by atomic mass is 15.1. The van der Waals surface area contributed by atoms with Gasteiger partial charge in [0.2, 0.25) is 0 Å². The number of rotatable bonds is 5. The summed E-state index contributed by atoms with van der Waals surface area (Å²) in [5.41, 5.74) is 3.95. The van der Waals surface area contributed by atoms with Crippen molar-refractivity contribution in [3.63, 3.8) is 0 Å². The number of hydrogen-bond acceptors (Lipinski definition) is 2. The first-order valence-electron chi connectivity index (χ1n) is 6.71. The number of nitrogens with one attached hydrogen (secondary N) is 1. The molecule has 94 valence electrons. The lowest BCUT2D eigenvalue weighted by Crippen LogP contribution is -2.14. The van der Waals surface area contributed by atoms with Crippen molar-refractivity contribution in [2.24, 2.45) is 0 Å². The molecule has 1 heterocycles. The van der Waals surface area contributed by atoms with Crippen molar-refractivity contribution in [2.45, 2.75) is 32.2 Å². The van der Waals surface area contributed by atoms with E-state index in [2.05, 4.69) is 46.1 Å². The molecule has 0 amide bonds. The van der Waals surface area contributed by atoms with Crippen LogP contribution >= 0.6 is 0 Å². The zero-order valence-electron chi connectivity index (χ0n) is 10.8. The molecule has 3 heteroatoms. The Hall–Kier alpha value is -1.61. The molecule has 1 aliphatic carbocycles. The van der Waals surface area contributed by atoms with Gasteiger partial charge in [0.25, 0.3) is 0 Å². The third-order valence-electron chi connectivity index (χ3n) is 3.48. The van der Waals surface area contributed by atoms with Gasteiger partial charge in [-0.15, -0.1) is 0 Å². The molecule has 1 fully saturated rings. The van der Waals surface area contributed by atoms with Crippen molar-refractivity contribution < 1.29 is 0 Å². The molecule has 3 rings (SSSR count). The molecular formula is C15H19N3. The van der Waals surface area contributed by atoms with Gasteiger partial charge >= 0.3 is 0 Å². The largest absolute Gasteiger partial charge is 0.313 e. The maximum atomic E-state index is 4.32. The highest BCUT2D eigenvalue weighted by Crippen LogP contribution is 2.40. The van der Waals surface area contributed by atoms with Crippen molar-refractivity contribution in [3.8, 4) is 5.69 Å². The van der Waals surface area contributed by atoms with Crippen molar-refractivity contribution in [3.05, 3.63) is 48.0 Å². The number of imidazole rings is 1. The molecule has 1 saturated carbocycles. The first kappa shape index (κ1) is 11.5. The maximum Gasteiger partial charge on any atom is 0.0994 e. The molecule has 0 saturated heterocycles. The fourth-order valence-corrected chi connectivity index (χ4v) is 2.34. The second kappa shape index (κ2) is 4.94. The van der Waals surface area contributed by atoms with Crippen LogP contribution in [0.5, 0.6) is 0 Å². The molecule has 0 bridgehead atoms. The van der Waals surface area contributed by atoms with E-state index in [9.17, 15) is 0 Å². The third-order valence-corrected chi connectivity index (χ3v) is 3.48. The van der Waals surface area contributed by atoms with Crippen LogP contribution in [0.15, 0.2) is 36.8 Å². The lowest BCUT2D eigenvalue weighted by atomic mass is 10.1. The molecule has 18 heavy (non-hydrogen) atoms. The van der Waals surface area contributed by atoms with Crippen molar-refractivity contribution in [1.29, 1.82) is 0 Å². The SMILES string of the molecule is CCNCc1ccccc1-n1cncc1C1CC1. The Kier molecular flexibility index (Phi) is 3.15. The van der Waals surface area contributed by atoms with Crippen LogP contribution in [0, 0.1) is 0 Å². The van der Waals surface area contributed by atoms with Gasteiger partial charge in [-0.25, -0.2) is 4.98 Å². The van der Waals surface area contributed by atoms with E-state index in [1.807, 2.05) is 12.5 Å². The van der Waals surface area contributed by atoms with Gasteiger partial charge in [0.15, 0.2) is 0 Å². The second-order valence-electron chi connectivity index (χ2n) is 4.87. The molecule has 0 spiro atoms. The summed E-state index contributed by atoms with van der Waals surface area (Å²) in [4.78, 5) is 4.32. The van der Waals surface area contributed by atoms with Crippen LogP contribution in [0.1, 0.15) is 36.9 Å².